The Morgan fingerprint density at radius 3 is 2.78 bits per heavy atom. The maximum Gasteiger partial charge on any atom is 0.169 e. The predicted molar refractivity (Wildman–Crippen MR) is 70.4 cm³/mol. The summed E-state index contributed by atoms with van der Waals surface area (Å²) in [7, 11) is 0. The molecule has 0 unspecified atom stereocenters. The Kier molecular flexibility index (Phi) is 2.41. The first-order valence-electron chi connectivity index (χ1n) is 5.37. The second-order valence-corrected chi connectivity index (χ2v) is 4.49. The van der Waals surface area contributed by atoms with Gasteiger partial charge in [-0.25, -0.2) is 4.98 Å². The number of nitrogens with zero attached hydrogens (tertiary/aromatic N) is 4. The molecule has 0 aliphatic rings. The number of nitrogen functional groups attached to an aromatic ring is 1. The van der Waals surface area contributed by atoms with Crippen LogP contribution in [-0.2, 0) is 0 Å². The van der Waals surface area contributed by atoms with E-state index in [1.54, 1.807) is 22.9 Å². The van der Waals surface area contributed by atoms with Crippen molar-refractivity contribution < 1.29 is 0 Å². The zero-order chi connectivity index (χ0) is 12.7. The van der Waals surface area contributed by atoms with Crippen molar-refractivity contribution in [3.05, 3.63) is 41.3 Å². The summed E-state index contributed by atoms with van der Waals surface area (Å²) < 4.78 is 1.80. The molecule has 0 aliphatic heterocycles. The Hall–Kier alpha value is -2.14. The zero-order valence-electron chi connectivity index (χ0n) is 9.63. The first kappa shape index (κ1) is 11.0. The molecular weight excluding hydrogens is 250 g/mol. The van der Waals surface area contributed by atoms with Crippen molar-refractivity contribution in [3.8, 4) is 11.4 Å². The average Bonchev–Trinajstić information content (AvgIpc) is 2.70. The second kappa shape index (κ2) is 3.96. The summed E-state index contributed by atoms with van der Waals surface area (Å²) in [5.41, 5.74) is 8.83. The highest BCUT2D eigenvalue weighted by atomic mass is 35.5. The molecule has 2 aromatic heterocycles. The van der Waals surface area contributed by atoms with Crippen molar-refractivity contribution in [2.24, 2.45) is 0 Å². The van der Waals surface area contributed by atoms with E-state index in [9.17, 15) is 0 Å². The summed E-state index contributed by atoms with van der Waals surface area (Å²) in [6.45, 7) is 1.91. The van der Waals surface area contributed by atoms with Gasteiger partial charge in [0, 0.05) is 28.0 Å². The van der Waals surface area contributed by atoms with Gasteiger partial charge in [-0.1, -0.05) is 11.6 Å². The molecule has 0 radical (unpaired) electrons. The van der Waals surface area contributed by atoms with Gasteiger partial charge in [0.2, 0.25) is 0 Å². The number of rotatable bonds is 1. The van der Waals surface area contributed by atoms with Crippen LogP contribution in [0.25, 0.3) is 17.0 Å². The molecule has 0 spiro atoms. The number of hydrogen-bond donors (Lipinski definition) is 1. The fourth-order valence-corrected chi connectivity index (χ4v) is 2.07. The lowest BCUT2D eigenvalue weighted by molar-refractivity contribution is 1.05. The fourth-order valence-electron chi connectivity index (χ4n) is 1.83. The van der Waals surface area contributed by atoms with Gasteiger partial charge in [-0.3, -0.25) is 4.40 Å². The van der Waals surface area contributed by atoms with Gasteiger partial charge in [0.15, 0.2) is 11.5 Å². The van der Waals surface area contributed by atoms with Crippen LogP contribution in [0.2, 0.25) is 5.02 Å². The average molecular weight is 260 g/mol. The first-order chi connectivity index (χ1) is 8.63. The van der Waals surface area contributed by atoms with Crippen molar-refractivity contribution in [2.75, 3.05) is 5.73 Å². The van der Waals surface area contributed by atoms with E-state index >= 15 is 0 Å². The molecule has 0 saturated heterocycles. The SMILES string of the molecule is Cc1cc2nnc(-c3cc(N)cc(Cl)c3)n2cn1. The van der Waals surface area contributed by atoms with Crippen molar-refractivity contribution in [1.82, 2.24) is 19.6 Å². The Labute approximate surface area is 108 Å². The lowest BCUT2D eigenvalue weighted by atomic mass is 10.2. The van der Waals surface area contributed by atoms with Crippen molar-refractivity contribution in [2.45, 2.75) is 6.92 Å². The minimum Gasteiger partial charge on any atom is -0.399 e. The standard InChI is InChI=1S/C12H10ClN5/c1-7-2-11-16-17-12(18(11)6-15-7)8-3-9(13)5-10(14)4-8/h2-6H,14H2,1H3. The number of fused-ring (bicyclic) bond motifs is 1. The van der Waals surface area contributed by atoms with Gasteiger partial charge >= 0.3 is 0 Å². The molecule has 0 aliphatic carbocycles. The Morgan fingerprint density at radius 1 is 1.17 bits per heavy atom. The van der Waals surface area contributed by atoms with Crippen LogP contribution in [0.4, 0.5) is 5.69 Å². The van der Waals surface area contributed by atoms with Gasteiger partial charge < -0.3 is 5.73 Å². The number of benzene rings is 1. The van der Waals surface area contributed by atoms with Crippen molar-refractivity contribution in [3.63, 3.8) is 0 Å². The van der Waals surface area contributed by atoms with E-state index in [0.717, 1.165) is 16.9 Å². The van der Waals surface area contributed by atoms with Crippen molar-refractivity contribution >= 4 is 22.9 Å². The zero-order valence-corrected chi connectivity index (χ0v) is 10.4. The molecule has 6 heteroatoms. The van der Waals surface area contributed by atoms with Gasteiger partial charge in [0.1, 0.15) is 6.33 Å². The molecule has 5 nitrogen and oxygen atoms in total. The molecule has 18 heavy (non-hydrogen) atoms. The van der Waals surface area contributed by atoms with E-state index < -0.39 is 0 Å². The maximum absolute atomic E-state index is 5.99. The van der Waals surface area contributed by atoms with E-state index in [4.69, 9.17) is 17.3 Å². The molecule has 3 aromatic rings. The molecule has 2 N–H and O–H groups in total. The van der Waals surface area contributed by atoms with Crippen LogP contribution in [0.1, 0.15) is 5.69 Å². The smallest absolute Gasteiger partial charge is 0.169 e. The molecule has 90 valence electrons. The predicted octanol–water partition coefficient (Wildman–Crippen LogP) is 2.34. The lowest BCUT2D eigenvalue weighted by Crippen LogP contribution is -1.93. The highest BCUT2D eigenvalue weighted by molar-refractivity contribution is 6.31. The lowest BCUT2D eigenvalue weighted by Gasteiger charge is -2.02. The van der Waals surface area contributed by atoms with Crippen LogP contribution in [0.15, 0.2) is 30.6 Å². The third-order valence-corrected chi connectivity index (χ3v) is 2.83. The Balaban J connectivity index is 2.25. The van der Waals surface area contributed by atoms with Gasteiger partial charge in [-0.2, -0.15) is 0 Å². The summed E-state index contributed by atoms with van der Waals surface area (Å²) >= 11 is 5.99. The van der Waals surface area contributed by atoms with Crippen LogP contribution in [-0.4, -0.2) is 19.6 Å². The van der Waals surface area contributed by atoms with Crippen LogP contribution in [0.3, 0.4) is 0 Å². The van der Waals surface area contributed by atoms with Gasteiger partial charge in [-0.15, -0.1) is 10.2 Å². The third-order valence-electron chi connectivity index (χ3n) is 2.62. The number of aryl methyl sites for hydroxylation is 1. The number of halogens is 1. The molecule has 3 rings (SSSR count). The summed E-state index contributed by atoms with van der Waals surface area (Å²) in [5.74, 6) is 0.673. The van der Waals surface area contributed by atoms with Gasteiger partial charge in [-0.05, 0) is 25.1 Å². The molecule has 0 atom stereocenters. The molecule has 0 saturated carbocycles. The van der Waals surface area contributed by atoms with E-state index in [1.165, 1.54) is 0 Å². The van der Waals surface area contributed by atoms with Crippen molar-refractivity contribution in [1.29, 1.82) is 0 Å². The van der Waals surface area contributed by atoms with E-state index in [0.29, 0.717) is 16.5 Å². The Morgan fingerprint density at radius 2 is 2.00 bits per heavy atom. The largest absolute Gasteiger partial charge is 0.399 e. The molecule has 0 bridgehead atoms. The number of aromatic nitrogens is 4. The molecule has 1 aromatic carbocycles. The monoisotopic (exact) mass is 259 g/mol. The van der Waals surface area contributed by atoms with Crippen LogP contribution >= 0.6 is 11.6 Å². The summed E-state index contributed by atoms with van der Waals surface area (Å²) in [6, 6.07) is 7.16. The fraction of sp³-hybridized carbons (Fsp3) is 0.0833. The minimum atomic E-state index is 0.571. The number of anilines is 1. The summed E-state index contributed by atoms with van der Waals surface area (Å²) in [4.78, 5) is 4.23. The number of hydrogen-bond acceptors (Lipinski definition) is 4. The quantitative estimate of drug-likeness (QED) is 0.681. The molecular formula is C12H10ClN5. The summed E-state index contributed by atoms with van der Waals surface area (Å²) in [5, 5.41) is 8.82. The van der Waals surface area contributed by atoms with Gasteiger partial charge in [0.25, 0.3) is 0 Å². The second-order valence-electron chi connectivity index (χ2n) is 4.06. The number of nitrogens with two attached hydrogens (primary N) is 1. The van der Waals surface area contributed by atoms with Gasteiger partial charge in [0.05, 0.1) is 0 Å². The highest BCUT2D eigenvalue weighted by Gasteiger charge is 2.09. The molecule has 0 amide bonds. The Bertz CT molecular complexity index is 714. The van der Waals surface area contributed by atoms with Crippen LogP contribution in [0.5, 0.6) is 0 Å². The van der Waals surface area contributed by atoms with E-state index in [-0.39, 0.29) is 0 Å². The third kappa shape index (κ3) is 1.78. The van der Waals surface area contributed by atoms with E-state index in [2.05, 4.69) is 15.2 Å². The topological polar surface area (TPSA) is 69.1 Å². The molecule has 2 heterocycles. The molecule has 0 fully saturated rings. The van der Waals surface area contributed by atoms with Crippen LogP contribution < -0.4 is 5.73 Å². The normalized spacial score (nSPS) is 11.0. The highest BCUT2D eigenvalue weighted by Crippen LogP contribution is 2.24. The first-order valence-corrected chi connectivity index (χ1v) is 5.75. The maximum atomic E-state index is 5.99. The minimum absolute atomic E-state index is 0.571. The summed E-state index contributed by atoms with van der Waals surface area (Å²) in [6.07, 6.45) is 1.69. The van der Waals surface area contributed by atoms with E-state index in [1.807, 2.05) is 19.1 Å². The van der Waals surface area contributed by atoms with Crippen LogP contribution in [0, 0.1) is 6.92 Å².